The SMILES string of the molecule is Brc1ccc(Nc2nc3nonc3nc2N/N=C/c2ccc(-c3ccc(Br)cc3)o2)cc1. The quantitative estimate of drug-likeness (QED) is 0.194. The highest BCUT2D eigenvalue weighted by Gasteiger charge is 2.13. The van der Waals surface area contributed by atoms with Crippen LogP contribution in [0.4, 0.5) is 17.3 Å². The standard InChI is InChI=1S/C21H13Br2N7O2/c22-13-3-1-12(2-4-13)17-10-9-16(31-17)11-24-28-19-18(25-15-7-5-14(23)6-8-15)26-20-21(27-19)30-32-29-20/h1-11H,(H,25,26,29)(H,27,28,30)/b24-11+. The van der Waals surface area contributed by atoms with Crippen molar-refractivity contribution in [3.8, 4) is 11.3 Å². The second kappa shape index (κ2) is 8.89. The minimum absolute atomic E-state index is 0.263. The van der Waals surface area contributed by atoms with E-state index < -0.39 is 0 Å². The highest BCUT2D eigenvalue weighted by molar-refractivity contribution is 9.10. The Balaban J connectivity index is 1.37. The summed E-state index contributed by atoms with van der Waals surface area (Å²) in [6, 6.07) is 19.2. The number of nitrogens with zero attached hydrogens (tertiary/aromatic N) is 5. The van der Waals surface area contributed by atoms with E-state index in [0.29, 0.717) is 17.4 Å². The molecule has 5 aromatic rings. The third-order valence-electron chi connectivity index (χ3n) is 4.34. The minimum Gasteiger partial charge on any atom is -0.455 e. The first kappa shape index (κ1) is 20.3. The molecule has 0 aliphatic carbocycles. The Morgan fingerprint density at radius 1 is 0.781 bits per heavy atom. The van der Waals surface area contributed by atoms with Crippen LogP contribution in [0, 0.1) is 0 Å². The van der Waals surface area contributed by atoms with Crippen molar-refractivity contribution >= 4 is 66.7 Å². The average molecular weight is 555 g/mol. The summed E-state index contributed by atoms with van der Waals surface area (Å²) in [6.07, 6.45) is 1.55. The zero-order valence-electron chi connectivity index (χ0n) is 16.2. The smallest absolute Gasteiger partial charge is 0.245 e. The summed E-state index contributed by atoms with van der Waals surface area (Å²) >= 11 is 6.85. The van der Waals surface area contributed by atoms with E-state index in [1.807, 2.05) is 60.7 Å². The molecule has 0 atom stereocenters. The van der Waals surface area contributed by atoms with Crippen LogP contribution in [-0.2, 0) is 0 Å². The number of anilines is 3. The Bertz CT molecular complexity index is 1400. The van der Waals surface area contributed by atoms with Crippen LogP contribution < -0.4 is 10.7 Å². The van der Waals surface area contributed by atoms with Crippen LogP contribution in [0.1, 0.15) is 5.76 Å². The van der Waals surface area contributed by atoms with Gasteiger partial charge in [-0.25, -0.2) is 9.61 Å². The average Bonchev–Trinajstić information content (AvgIpc) is 3.45. The van der Waals surface area contributed by atoms with Crippen LogP contribution >= 0.6 is 31.9 Å². The molecule has 0 saturated heterocycles. The number of rotatable bonds is 6. The van der Waals surface area contributed by atoms with Crippen molar-refractivity contribution in [3.63, 3.8) is 0 Å². The van der Waals surface area contributed by atoms with Crippen molar-refractivity contribution in [2.24, 2.45) is 5.10 Å². The first-order valence-electron chi connectivity index (χ1n) is 9.32. The number of halogens is 2. The van der Waals surface area contributed by atoms with Crippen molar-refractivity contribution in [2.75, 3.05) is 10.7 Å². The van der Waals surface area contributed by atoms with E-state index in [2.05, 4.69) is 68.0 Å². The van der Waals surface area contributed by atoms with Crippen molar-refractivity contribution < 1.29 is 9.05 Å². The van der Waals surface area contributed by atoms with Crippen molar-refractivity contribution in [1.82, 2.24) is 20.3 Å². The zero-order chi connectivity index (χ0) is 21.9. The molecule has 2 aromatic carbocycles. The topological polar surface area (TPSA) is 114 Å². The lowest BCUT2D eigenvalue weighted by Crippen LogP contribution is -2.03. The third kappa shape index (κ3) is 4.53. The summed E-state index contributed by atoms with van der Waals surface area (Å²) in [5, 5.41) is 14.9. The van der Waals surface area contributed by atoms with E-state index in [1.54, 1.807) is 6.21 Å². The number of aromatic nitrogens is 4. The van der Waals surface area contributed by atoms with Gasteiger partial charge in [-0.05, 0) is 58.8 Å². The fraction of sp³-hybridized carbons (Fsp3) is 0. The number of fused-ring (bicyclic) bond motifs is 1. The Morgan fingerprint density at radius 2 is 1.44 bits per heavy atom. The van der Waals surface area contributed by atoms with Crippen LogP contribution in [0.5, 0.6) is 0 Å². The number of hydrazone groups is 1. The Morgan fingerprint density at radius 3 is 2.16 bits per heavy atom. The molecule has 11 heteroatoms. The minimum atomic E-state index is 0.263. The first-order chi connectivity index (χ1) is 15.6. The van der Waals surface area contributed by atoms with Gasteiger partial charge in [0, 0.05) is 20.2 Å². The lowest BCUT2D eigenvalue weighted by Gasteiger charge is -2.09. The van der Waals surface area contributed by atoms with Crippen LogP contribution in [0.2, 0.25) is 0 Å². The van der Waals surface area contributed by atoms with Gasteiger partial charge in [0.1, 0.15) is 11.5 Å². The van der Waals surface area contributed by atoms with Crippen molar-refractivity contribution in [3.05, 3.63) is 75.4 Å². The van der Waals surface area contributed by atoms with Gasteiger partial charge in [-0.15, -0.1) is 0 Å². The fourth-order valence-corrected chi connectivity index (χ4v) is 3.35. The monoisotopic (exact) mass is 553 g/mol. The predicted octanol–water partition coefficient (Wildman–Crippen LogP) is 5.99. The fourth-order valence-electron chi connectivity index (χ4n) is 2.82. The molecule has 9 nitrogen and oxygen atoms in total. The van der Waals surface area contributed by atoms with E-state index in [4.69, 9.17) is 9.05 Å². The van der Waals surface area contributed by atoms with Gasteiger partial charge in [-0.1, -0.05) is 44.0 Å². The molecule has 0 unspecified atom stereocenters. The summed E-state index contributed by atoms with van der Waals surface area (Å²) in [6.45, 7) is 0. The number of nitrogens with one attached hydrogen (secondary N) is 2. The Hall–Kier alpha value is -3.57. The molecule has 3 aromatic heterocycles. The molecular weight excluding hydrogens is 542 g/mol. The van der Waals surface area contributed by atoms with Gasteiger partial charge in [0.05, 0.1) is 6.21 Å². The van der Waals surface area contributed by atoms with Gasteiger partial charge in [-0.3, -0.25) is 5.43 Å². The number of benzene rings is 2. The zero-order valence-corrected chi connectivity index (χ0v) is 19.3. The van der Waals surface area contributed by atoms with E-state index in [0.717, 1.165) is 26.0 Å². The van der Waals surface area contributed by atoms with Crippen LogP contribution in [0.25, 0.3) is 22.6 Å². The van der Waals surface area contributed by atoms with Crippen LogP contribution in [0.3, 0.4) is 0 Å². The maximum atomic E-state index is 5.84. The molecule has 5 rings (SSSR count). The van der Waals surface area contributed by atoms with Crippen molar-refractivity contribution in [2.45, 2.75) is 0 Å². The molecule has 0 amide bonds. The highest BCUT2D eigenvalue weighted by Crippen LogP contribution is 2.26. The van der Waals surface area contributed by atoms with Gasteiger partial charge in [0.15, 0.2) is 11.6 Å². The summed E-state index contributed by atoms with van der Waals surface area (Å²) in [5.74, 6) is 2.09. The molecule has 0 aliphatic rings. The normalized spacial score (nSPS) is 11.3. The molecule has 0 fully saturated rings. The second-order valence-corrected chi connectivity index (χ2v) is 8.37. The van der Waals surface area contributed by atoms with E-state index in [1.165, 1.54) is 0 Å². The van der Waals surface area contributed by atoms with Gasteiger partial charge in [-0.2, -0.15) is 10.1 Å². The van der Waals surface area contributed by atoms with E-state index >= 15 is 0 Å². The molecule has 158 valence electrons. The van der Waals surface area contributed by atoms with Gasteiger partial charge in [0.25, 0.3) is 0 Å². The molecular formula is C21H13Br2N7O2. The first-order valence-corrected chi connectivity index (χ1v) is 10.9. The maximum Gasteiger partial charge on any atom is 0.245 e. The number of hydrogen-bond donors (Lipinski definition) is 2. The maximum absolute atomic E-state index is 5.84. The third-order valence-corrected chi connectivity index (χ3v) is 5.40. The van der Waals surface area contributed by atoms with Crippen molar-refractivity contribution in [1.29, 1.82) is 0 Å². The molecule has 3 heterocycles. The number of hydrogen-bond acceptors (Lipinski definition) is 9. The summed E-state index contributed by atoms with van der Waals surface area (Å²) in [4.78, 5) is 8.79. The molecule has 2 N–H and O–H groups in total. The molecule has 32 heavy (non-hydrogen) atoms. The van der Waals surface area contributed by atoms with Crippen LogP contribution in [0.15, 0.2) is 83.8 Å². The van der Waals surface area contributed by atoms with Gasteiger partial charge in [0.2, 0.25) is 11.3 Å². The Labute approximate surface area is 198 Å². The largest absolute Gasteiger partial charge is 0.455 e. The highest BCUT2D eigenvalue weighted by atomic mass is 79.9. The molecule has 0 bridgehead atoms. The predicted molar refractivity (Wildman–Crippen MR) is 128 cm³/mol. The lowest BCUT2D eigenvalue weighted by atomic mass is 10.2. The van der Waals surface area contributed by atoms with E-state index in [9.17, 15) is 0 Å². The lowest BCUT2D eigenvalue weighted by molar-refractivity contribution is 0.314. The molecule has 0 radical (unpaired) electrons. The Kier molecular flexibility index (Phi) is 5.65. The van der Waals surface area contributed by atoms with Gasteiger partial charge >= 0.3 is 0 Å². The molecule has 0 aliphatic heterocycles. The molecule has 0 spiro atoms. The summed E-state index contributed by atoms with van der Waals surface area (Å²) < 4.78 is 12.5. The number of furan rings is 1. The summed E-state index contributed by atoms with van der Waals surface area (Å²) in [7, 11) is 0. The van der Waals surface area contributed by atoms with Gasteiger partial charge < -0.3 is 9.73 Å². The molecule has 0 saturated carbocycles. The van der Waals surface area contributed by atoms with E-state index in [-0.39, 0.29) is 11.3 Å². The summed E-state index contributed by atoms with van der Waals surface area (Å²) in [5.41, 5.74) is 5.21. The second-order valence-electron chi connectivity index (χ2n) is 6.54. The van der Waals surface area contributed by atoms with Crippen LogP contribution in [-0.4, -0.2) is 26.5 Å².